The van der Waals surface area contributed by atoms with Crippen molar-refractivity contribution in [2.75, 3.05) is 39.0 Å². The Morgan fingerprint density at radius 1 is 1.35 bits per heavy atom. The normalized spacial score (nSPS) is 17.1. The monoisotopic (exact) mass is 276 g/mol. The molecule has 5 heteroatoms. The van der Waals surface area contributed by atoms with Gasteiger partial charge in [-0.05, 0) is 12.1 Å². The average molecular weight is 276 g/mol. The smallest absolute Gasteiger partial charge is 0.257 e. The molecule has 0 radical (unpaired) electrons. The Morgan fingerprint density at radius 3 is 2.80 bits per heavy atom. The zero-order valence-electron chi connectivity index (χ0n) is 12.4. The van der Waals surface area contributed by atoms with Crippen LogP contribution in [-0.2, 0) is 0 Å². The predicted octanol–water partition coefficient (Wildman–Crippen LogP) is 1.99. The lowest BCUT2D eigenvalue weighted by atomic mass is 10.4. The minimum atomic E-state index is 0. The van der Waals surface area contributed by atoms with E-state index in [0.717, 1.165) is 16.5 Å². The van der Waals surface area contributed by atoms with Crippen molar-refractivity contribution in [2.24, 2.45) is 0 Å². The molecule has 0 unspecified atom stereocenters. The fraction of sp³-hybridized carbons (Fsp3) is 0.467. The van der Waals surface area contributed by atoms with Crippen LogP contribution in [0.1, 0.15) is 12.8 Å². The van der Waals surface area contributed by atoms with Gasteiger partial charge in [0.1, 0.15) is 18.8 Å². The van der Waals surface area contributed by atoms with Crippen LogP contribution in [0.5, 0.6) is 5.88 Å². The van der Waals surface area contributed by atoms with Crippen LogP contribution in [-0.4, -0.2) is 47.4 Å². The Bertz CT molecular complexity index is 572. The van der Waals surface area contributed by atoms with Gasteiger partial charge < -0.3 is 22.4 Å². The van der Waals surface area contributed by atoms with Crippen LogP contribution in [0.15, 0.2) is 24.4 Å². The van der Waals surface area contributed by atoms with Crippen molar-refractivity contribution in [1.82, 2.24) is 9.61 Å². The molecule has 3 rings (SSSR count). The number of nitrogens with zero attached hydrogens (tertiary/aromatic N) is 3. The van der Waals surface area contributed by atoms with Gasteiger partial charge in [0, 0.05) is 19.0 Å². The number of rotatable bonds is 4. The third kappa shape index (κ3) is 2.72. The first kappa shape index (κ1) is 14.7. The molecule has 0 aliphatic carbocycles. The van der Waals surface area contributed by atoms with Crippen LogP contribution in [0, 0.1) is 7.43 Å². The maximum Gasteiger partial charge on any atom is 0.257 e. The van der Waals surface area contributed by atoms with Crippen molar-refractivity contribution in [3.8, 4) is 5.88 Å². The van der Waals surface area contributed by atoms with Crippen molar-refractivity contribution in [3.05, 3.63) is 31.8 Å². The van der Waals surface area contributed by atoms with Gasteiger partial charge in [0.15, 0.2) is 0 Å². The second-order valence-electron chi connectivity index (χ2n) is 5.60. The number of anilines is 1. The summed E-state index contributed by atoms with van der Waals surface area (Å²) in [6.07, 6.45) is 4.53. The SMILES string of the molecule is C[N+]1(CCOc2nn3ccccc3c2N)CCCC1.[CH3-]. The molecular weight excluding hydrogens is 252 g/mol. The molecule has 2 aromatic rings. The molecule has 3 heterocycles. The maximum absolute atomic E-state index is 6.05. The van der Waals surface area contributed by atoms with Gasteiger partial charge in [0.25, 0.3) is 5.88 Å². The summed E-state index contributed by atoms with van der Waals surface area (Å²) in [7, 11) is 2.30. The van der Waals surface area contributed by atoms with E-state index in [-0.39, 0.29) is 7.43 Å². The lowest BCUT2D eigenvalue weighted by Gasteiger charge is -2.28. The molecule has 2 aromatic heterocycles. The first-order valence-electron chi connectivity index (χ1n) is 6.87. The standard InChI is InChI=1S/C14H21N4O.CH3/c1-18(8-4-5-9-18)10-11-19-14-13(15)12-6-2-3-7-17(12)16-14;/h2-3,6-7H,4-5,8-11,15H2,1H3;1H3/q+1;-1. The van der Waals surface area contributed by atoms with Gasteiger partial charge in [-0.25, -0.2) is 4.52 Å². The number of pyridine rings is 1. The summed E-state index contributed by atoms with van der Waals surface area (Å²) in [4.78, 5) is 0. The van der Waals surface area contributed by atoms with E-state index in [1.165, 1.54) is 25.9 Å². The van der Waals surface area contributed by atoms with Gasteiger partial charge in [0.05, 0.1) is 25.7 Å². The van der Waals surface area contributed by atoms with Gasteiger partial charge in [-0.3, -0.25) is 0 Å². The minimum absolute atomic E-state index is 0. The lowest BCUT2D eigenvalue weighted by molar-refractivity contribution is -0.897. The highest BCUT2D eigenvalue weighted by Crippen LogP contribution is 2.25. The molecule has 1 fully saturated rings. The molecule has 0 aromatic carbocycles. The highest BCUT2D eigenvalue weighted by Gasteiger charge is 2.26. The second kappa shape index (κ2) is 5.71. The minimum Gasteiger partial charge on any atom is -0.469 e. The molecule has 2 N–H and O–H groups in total. The van der Waals surface area contributed by atoms with E-state index in [1.807, 2.05) is 24.4 Å². The first-order valence-corrected chi connectivity index (χ1v) is 6.87. The molecule has 1 aliphatic heterocycles. The topological polar surface area (TPSA) is 52.5 Å². The van der Waals surface area contributed by atoms with Crippen LogP contribution in [0.4, 0.5) is 5.69 Å². The number of nitrogen functional groups attached to an aromatic ring is 1. The number of ether oxygens (including phenoxy) is 1. The number of fused-ring (bicyclic) bond motifs is 1. The Kier molecular flexibility index (Phi) is 4.18. The van der Waals surface area contributed by atoms with Gasteiger partial charge >= 0.3 is 0 Å². The predicted molar refractivity (Wildman–Crippen MR) is 81.5 cm³/mol. The summed E-state index contributed by atoms with van der Waals surface area (Å²) in [6, 6.07) is 5.83. The molecule has 110 valence electrons. The van der Waals surface area contributed by atoms with Crippen LogP contribution < -0.4 is 10.5 Å². The number of quaternary nitrogens is 1. The molecule has 1 saturated heterocycles. The zero-order valence-corrected chi connectivity index (χ0v) is 12.4. The number of hydrogen-bond donors (Lipinski definition) is 1. The largest absolute Gasteiger partial charge is 0.469 e. The van der Waals surface area contributed by atoms with Crippen molar-refractivity contribution in [1.29, 1.82) is 0 Å². The lowest BCUT2D eigenvalue weighted by Crippen LogP contribution is -2.43. The Morgan fingerprint density at radius 2 is 2.10 bits per heavy atom. The number of likely N-dealkylation sites (N-methyl/N-ethyl adjacent to an activating group) is 1. The van der Waals surface area contributed by atoms with Crippen molar-refractivity contribution < 1.29 is 9.22 Å². The number of nitrogens with two attached hydrogens (primary N) is 1. The fourth-order valence-electron chi connectivity index (χ4n) is 2.79. The highest BCUT2D eigenvalue weighted by atomic mass is 16.5. The van der Waals surface area contributed by atoms with E-state index in [4.69, 9.17) is 10.5 Å². The van der Waals surface area contributed by atoms with E-state index in [0.29, 0.717) is 18.2 Å². The average Bonchev–Trinajstić information content (AvgIpc) is 2.96. The summed E-state index contributed by atoms with van der Waals surface area (Å²) in [5, 5.41) is 4.36. The summed E-state index contributed by atoms with van der Waals surface area (Å²) < 4.78 is 8.64. The zero-order chi connectivity index (χ0) is 13.3. The van der Waals surface area contributed by atoms with E-state index >= 15 is 0 Å². The molecule has 1 aliphatic rings. The number of aromatic nitrogens is 2. The van der Waals surface area contributed by atoms with E-state index in [1.54, 1.807) is 4.52 Å². The Balaban J connectivity index is 0.00000147. The van der Waals surface area contributed by atoms with E-state index in [2.05, 4.69) is 12.1 Å². The fourth-order valence-corrected chi connectivity index (χ4v) is 2.79. The Labute approximate surface area is 120 Å². The molecule has 0 saturated carbocycles. The molecule has 0 amide bonds. The third-order valence-corrected chi connectivity index (χ3v) is 4.06. The molecule has 0 spiro atoms. The summed E-state index contributed by atoms with van der Waals surface area (Å²) >= 11 is 0. The van der Waals surface area contributed by atoms with Gasteiger partial charge in [-0.15, -0.1) is 5.10 Å². The highest BCUT2D eigenvalue weighted by molar-refractivity contribution is 5.74. The molecule has 0 bridgehead atoms. The van der Waals surface area contributed by atoms with E-state index < -0.39 is 0 Å². The van der Waals surface area contributed by atoms with Gasteiger partial charge in [-0.2, -0.15) is 0 Å². The molecule has 20 heavy (non-hydrogen) atoms. The van der Waals surface area contributed by atoms with Gasteiger partial charge in [0.2, 0.25) is 0 Å². The molecule has 0 atom stereocenters. The number of hydrogen-bond acceptors (Lipinski definition) is 3. The van der Waals surface area contributed by atoms with Crippen LogP contribution in [0.3, 0.4) is 0 Å². The van der Waals surface area contributed by atoms with Crippen molar-refractivity contribution >= 4 is 11.2 Å². The third-order valence-electron chi connectivity index (χ3n) is 4.06. The number of likely N-dealkylation sites (tertiary alicyclic amines) is 1. The molecular formula is C15H24N4O. The van der Waals surface area contributed by atoms with Crippen LogP contribution in [0.25, 0.3) is 5.52 Å². The first-order chi connectivity index (χ1) is 9.18. The summed E-state index contributed by atoms with van der Waals surface area (Å²) in [5.41, 5.74) is 7.58. The quantitative estimate of drug-likeness (QED) is 0.686. The molecule has 5 nitrogen and oxygen atoms in total. The second-order valence-corrected chi connectivity index (χ2v) is 5.60. The van der Waals surface area contributed by atoms with E-state index in [9.17, 15) is 0 Å². The van der Waals surface area contributed by atoms with Crippen LogP contribution in [0.2, 0.25) is 0 Å². The summed E-state index contributed by atoms with van der Waals surface area (Å²) in [6.45, 7) is 4.20. The summed E-state index contributed by atoms with van der Waals surface area (Å²) in [5.74, 6) is 0.553. The maximum atomic E-state index is 6.05. The van der Waals surface area contributed by atoms with Crippen molar-refractivity contribution in [3.63, 3.8) is 0 Å². The van der Waals surface area contributed by atoms with Crippen molar-refractivity contribution in [2.45, 2.75) is 12.8 Å². The van der Waals surface area contributed by atoms with Crippen LogP contribution >= 0.6 is 0 Å². The van der Waals surface area contributed by atoms with Gasteiger partial charge in [-0.1, -0.05) is 6.07 Å². The Hall–Kier alpha value is -1.75.